The van der Waals surface area contributed by atoms with Crippen molar-refractivity contribution < 1.29 is 0 Å². The first-order valence-corrected chi connectivity index (χ1v) is 21.0. The Morgan fingerprint density at radius 3 is 1.85 bits per heavy atom. The summed E-state index contributed by atoms with van der Waals surface area (Å²) in [7, 11) is 0. The van der Waals surface area contributed by atoms with Crippen LogP contribution in [0.2, 0.25) is 0 Å². The standard InChI is InChI=1S/C40H32.C15H14N2.C2H6/c1-24(2)22-26(28-19-21-38-32-13-7-5-11-30(32)36-17-9-15-34(28)40(36)38)23-25(3)27-18-20-37-31-12-6-4-10-29(31)35-16-8-14-33(27)39(35)37;16-14(12-7-3-1-4-8-12)11-15(17)13-9-5-2-6-10-13;1-2/h4-19,21-23,25,37H,20H2,1-3H3;1-11,16H,17H2;1-2H3/b26-23+;15-11-,16-14?;. The molecule has 0 saturated carbocycles. The topological polar surface area (TPSA) is 49.9 Å². The molecule has 0 spiro atoms. The predicted molar refractivity (Wildman–Crippen MR) is 254 cm³/mol. The highest BCUT2D eigenvalue weighted by Crippen LogP contribution is 2.53. The largest absolute Gasteiger partial charge is 0.398 e. The predicted octanol–water partition coefficient (Wildman–Crippen LogP) is 15.2. The van der Waals surface area contributed by atoms with Crippen molar-refractivity contribution in [3.05, 3.63) is 221 Å². The summed E-state index contributed by atoms with van der Waals surface area (Å²) in [6.07, 6.45) is 10.2. The highest BCUT2D eigenvalue weighted by molar-refractivity contribution is 6.18. The lowest BCUT2D eigenvalue weighted by Gasteiger charge is -2.26. The summed E-state index contributed by atoms with van der Waals surface area (Å²) in [6, 6.07) is 55.5. The molecule has 7 aromatic rings. The maximum Gasteiger partial charge on any atom is 0.0632 e. The van der Waals surface area contributed by atoms with E-state index >= 15 is 0 Å². The first-order chi connectivity index (χ1) is 28.9. The fourth-order valence-electron chi connectivity index (χ4n) is 9.18. The number of allylic oxidation sites excluding steroid dienone is 7. The molecule has 0 aliphatic heterocycles. The van der Waals surface area contributed by atoms with Gasteiger partial charge in [-0.25, -0.2) is 0 Å². The lowest BCUT2D eigenvalue weighted by atomic mass is 9.78. The van der Waals surface area contributed by atoms with Crippen LogP contribution in [0.15, 0.2) is 188 Å². The van der Waals surface area contributed by atoms with E-state index in [1.165, 1.54) is 83.1 Å². The molecular formula is C57H52N2. The van der Waals surface area contributed by atoms with Gasteiger partial charge >= 0.3 is 0 Å². The van der Waals surface area contributed by atoms with Crippen molar-refractivity contribution in [2.75, 3.05) is 0 Å². The van der Waals surface area contributed by atoms with Crippen molar-refractivity contribution in [2.45, 2.75) is 47.0 Å². The van der Waals surface area contributed by atoms with Gasteiger partial charge in [0, 0.05) is 17.5 Å². The molecule has 0 fully saturated rings. The van der Waals surface area contributed by atoms with E-state index in [1.807, 2.05) is 74.5 Å². The molecule has 3 aliphatic carbocycles. The lowest BCUT2D eigenvalue weighted by molar-refractivity contribution is 0.817. The molecule has 3 N–H and O–H groups in total. The summed E-state index contributed by atoms with van der Waals surface area (Å²) in [4.78, 5) is 0. The van der Waals surface area contributed by atoms with E-state index in [0.29, 0.717) is 23.2 Å². The summed E-state index contributed by atoms with van der Waals surface area (Å²) in [5, 5.41) is 10.7. The maximum absolute atomic E-state index is 7.95. The zero-order chi connectivity index (χ0) is 41.0. The molecule has 0 bridgehead atoms. The van der Waals surface area contributed by atoms with E-state index in [0.717, 1.165) is 17.5 Å². The number of hydrogen-bond donors (Lipinski definition) is 2. The van der Waals surface area contributed by atoms with Crippen LogP contribution in [-0.4, -0.2) is 5.71 Å². The van der Waals surface area contributed by atoms with Crippen LogP contribution in [0.25, 0.3) is 61.0 Å². The first-order valence-electron chi connectivity index (χ1n) is 21.0. The quantitative estimate of drug-likeness (QED) is 0.123. The normalized spacial score (nSPS) is 14.7. The minimum atomic E-state index is 0.294. The Morgan fingerprint density at radius 2 is 1.15 bits per heavy atom. The van der Waals surface area contributed by atoms with Crippen LogP contribution in [0.4, 0.5) is 0 Å². The Labute approximate surface area is 350 Å². The first kappa shape index (κ1) is 39.1. The maximum atomic E-state index is 7.95. The number of fused-ring (bicyclic) bond motifs is 6. The summed E-state index contributed by atoms with van der Waals surface area (Å²) in [5.74, 6) is 0.778. The summed E-state index contributed by atoms with van der Waals surface area (Å²) < 4.78 is 0. The zero-order valence-electron chi connectivity index (χ0n) is 34.8. The van der Waals surface area contributed by atoms with Crippen LogP contribution < -0.4 is 5.73 Å². The van der Waals surface area contributed by atoms with Gasteiger partial charge < -0.3 is 11.1 Å². The highest BCUT2D eigenvalue weighted by Gasteiger charge is 2.34. The summed E-state index contributed by atoms with van der Waals surface area (Å²) in [5.41, 5.74) is 26.9. The molecule has 2 atom stereocenters. The van der Waals surface area contributed by atoms with Crippen LogP contribution >= 0.6 is 0 Å². The second-order valence-electron chi connectivity index (χ2n) is 15.6. The number of nitrogens with two attached hydrogens (primary N) is 1. The van der Waals surface area contributed by atoms with Crippen LogP contribution in [0.5, 0.6) is 0 Å². The van der Waals surface area contributed by atoms with E-state index in [-0.39, 0.29) is 0 Å². The Kier molecular flexibility index (Phi) is 11.2. The molecule has 0 aromatic heterocycles. The van der Waals surface area contributed by atoms with Gasteiger partial charge in [-0.15, -0.1) is 0 Å². The minimum Gasteiger partial charge on any atom is -0.398 e. The number of benzene rings is 7. The lowest BCUT2D eigenvalue weighted by Crippen LogP contribution is -2.09. The molecule has 0 amide bonds. The SMILES string of the molecule is CC.CC(C)=C/C(=C\C(C)C1=CCC2c3ccccc3-c3cccc1c32)c1ccc2c3c(cccc13)-c1ccccc1-2.N=C(/C=C(\N)c1ccccc1)c1ccccc1. The second-order valence-corrected chi connectivity index (χ2v) is 15.6. The zero-order valence-corrected chi connectivity index (χ0v) is 34.8. The van der Waals surface area contributed by atoms with Crippen LogP contribution in [0, 0.1) is 11.3 Å². The van der Waals surface area contributed by atoms with Gasteiger partial charge in [0.1, 0.15) is 0 Å². The van der Waals surface area contributed by atoms with Gasteiger partial charge in [0.2, 0.25) is 0 Å². The average molecular weight is 765 g/mol. The number of rotatable bonds is 7. The molecule has 59 heavy (non-hydrogen) atoms. The van der Waals surface area contributed by atoms with Crippen LogP contribution in [0.1, 0.15) is 80.3 Å². The third-order valence-electron chi connectivity index (χ3n) is 11.7. The van der Waals surface area contributed by atoms with E-state index < -0.39 is 0 Å². The van der Waals surface area contributed by atoms with Crippen molar-refractivity contribution >= 4 is 33.3 Å². The molecule has 10 rings (SSSR count). The van der Waals surface area contributed by atoms with Gasteiger partial charge in [0.25, 0.3) is 0 Å². The van der Waals surface area contributed by atoms with Crippen LogP contribution in [-0.2, 0) is 0 Å². The van der Waals surface area contributed by atoms with E-state index in [1.54, 1.807) is 6.08 Å². The smallest absolute Gasteiger partial charge is 0.0632 e. The van der Waals surface area contributed by atoms with Gasteiger partial charge in [-0.05, 0) is 115 Å². The molecule has 0 saturated heterocycles. The van der Waals surface area contributed by atoms with Crippen molar-refractivity contribution in [2.24, 2.45) is 11.7 Å². The molecule has 3 aliphatic rings. The van der Waals surface area contributed by atoms with E-state index in [4.69, 9.17) is 11.1 Å². The molecule has 0 radical (unpaired) electrons. The van der Waals surface area contributed by atoms with Crippen molar-refractivity contribution in [3.63, 3.8) is 0 Å². The minimum absolute atomic E-state index is 0.294. The second kappa shape index (κ2) is 17.0. The Morgan fingerprint density at radius 1 is 0.593 bits per heavy atom. The van der Waals surface area contributed by atoms with Crippen molar-refractivity contribution in [1.29, 1.82) is 5.41 Å². The fraction of sp³-hybridized carbons (Fsp3) is 0.140. The molecule has 7 aromatic carbocycles. The van der Waals surface area contributed by atoms with Gasteiger partial charge in [-0.2, -0.15) is 0 Å². The average Bonchev–Trinajstić information content (AvgIpc) is 3.79. The third kappa shape index (κ3) is 7.43. The number of nitrogens with one attached hydrogen (secondary N) is 1. The summed E-state index contributed by atoms with van der Waals surface area (Å²) in [6.45, 7) is 10.8. The van der Waals surface area contributed by atoms with Gasteiger partial charge in [0.15, 0.2) is 0 Å². The molecular weight excluding hydrogens is 713 g/mol. The molecule has 0 heterocycles. The van der Waals surface area contributed by atoms with E-state index in [9.17, 15) is 0 Å². The van der Waals surface area contributed by atoms with Gasteiger partial charge in [0.05, 0.1) is 5.71 Å². The monoisotopic (exact) mass is 764 g/mol. The molecule has 290 valence electrons. The summed E-state index contributed by atoms with van der Waals surface area (Å²) >= 11 is 0. The fourth-order valence-corrected chi connectivity index (χ4v) is 9.18. The van der Waals surface area contributed by atoms with Crippen molar-refractivity contribution in [3.8, 4) is 33.4 Å². The molecule has 2 heteroatoms. The highest BCUT2D eigenvalue weighted by atomic mass is 14.6. The Balaban J connectivity index is 0.000000214. The van der Waals surface area contributed by atoms with Crippen LogP contribution in [0.3, 0.4) is 0 Å². The Hall–Kier alpha value is -6.77. The molecule has 2 unspecified atom stereocenters. The molecule has 2 nitrogen and oxygen atoms in total. The van der Waals surface area contributed by atoms with Crippen molar-refractivity contribution in [1.82, 2.24) is 0 Å². The number of hydrogen-bond acceptors (Lipinski definition) is 2. The van der Waals surface area contributed by atoms with E-state index in [2.05, 4.69) is 136 Å². The van der Waals surface area contributed by atoms with Gasteiger partial charge in [-0.1, -0.05) is 202 Å². The Bertz CT molecular complexity index is 2780. The third-order valence-corrected chi connectivity index (χ3v) is 11.7. The van der Waals surface area contributed by atoms with Gasteiger partial charge in [-0.3, -0.25) is 0 Å².